The molecule has 0 spiro atoms. The summed E-state index contributed by atoms with van der Waals surface area (Å²) in [5.41, 5.74) is 4.60. The Hall–Kier alpha value is -3.69. The lowest BCUT2D eigenvalue weighted by molar-refractivity contribution is -0.133. The lowest BCUT2D eigenvalue weighted by Crippen LogP contribution is -2.24. The Labute approximate surface area is 196 Å². The maximum atomic E-state index is 10.6. The smallest absolute Gasteiger partial charge is 0.251 e. The van der Waals surface area contributed by atoms with Crippen molar-refractivity contribution in [1.29, 1.82) is 0 Å². The largest absolute Gasteiger partial charge is 0.383 e. The highest BCUT2D eigenvalue weighted by Crippen LogP contribution is 2.28. The van der Waals surface area contributed by atoms with E-state index in [0.717, 1.165) is 33.3 Å². The molecule has 0 bridgehead atoms. The topological polar surface area (TPSA) is 104 Å². The van der Waals surface area contributed by atoms with Crippen LogP contribution in [0.5, 0.6) is 0 Å². The number of benzene rings is 1. The van der Waals surface area contributed by atoms with Gasteiger partial charge < -0.3 is 15.3 Å². The highest BCUT2D eigenvalue weighted by Gasteiger charge is 2.26. The second kappa shape index (κ2) is 10.3. The summed E-state index contributed by atoms with van der Waals surface area (Å²) in [6.07, 6.45) is 3.36. The van der Waals surface area contributed by atoms with Gasteiger partial charge in [0.1, 0.15) is 16.8 Å². The van der Waals surface area contributed by atoms with E-state index in [1.54, 1.807) is 30.8 Å². The van der Waals surface area contributed by atoms with Gasteiger partial charge in [0.2, 0.25) is 5.95 Å². The lowest BCUT2D eigenvalue weighted by atomic mass is 10.2. The number of carbonyl (C=O) groups is 1. The number of hydrogen-bond donors (Lipinski definition) is 2. The second-order valence-corrected chi connectivity index (χ2v) is 8.40. The van der Waals surface area contributed by atoms with Crippen molar-refractivity contribution in [1.82, 2.24) is 24.8 Å². The molecule has 4 heterocycles. The van der Waals surface area contributed by atoms with E-state index in [0.29, 0.717) is 18.9 Å². The number of anilines is 2. The average Bonchev–Trinajstić information content (AvgIpc) is 3.44. The van der Waals surface area contributed by atoms with Crippen molar-refractivity contribution in [2.45, 2.75) is 19.4 Å². The number of pyridine rings is 1. The van der Waals surface area contributed by atoms with E-state index in [-0.39, 0.29) is 5.91 Å². The molecule has 0 saturated carbocycles. The summed E-state index contributed by atoms with van der Waals surface area (Å²) in [7, 11) is 1.69. The minimum Gasteiger partial charge on any atom is -0.383 e. The molecule has 1 aliphatic heterocycles. The molecule has 2 N–H and O–H groups in total. The number of aliphatic hydroxyl groups excluding tert-OH is 1. The number of nitrogens with one attached hydrogen (secondary N) is 1. The molecule has 4 aromatic rings. The number of aliphatic hydroxyl groups is 1. The molecule has 168 valence electrons. The third kappa shape index (κ3) is 5.76. The zero-order valence-corrected chi connectivity index (χ0v) is 19.2. The Kier molecular flexibility index (Phi) is 7.01. The summed E-state index contributed by atoms with van der Waals surface area (Å²) in [6.45, 7) is 2.64. The quantitative estimate of drug-likeness (QED) is 0.476. The minimum atomic E-state index is -0.722. The average molecular weight is 461 g/mol. The van der Waals surface area contributed by atoms with Gasteiger partial charge in [0, 0.05) is 48.3 Å². The zero-order chi connectivity index (χ0) is 23.2. The zero-order valence-electron chi connectivity index (χ0n) is 18.3. The van der Waals surface area contributed by atoms with Gasteiger partial charge in [-0.2, -0.15) is 0 Å². The molecule has 1 amide bonds. The molecular formula is C24H24N6O2S. The van der Waals surface area contributed by atoms with Crippen LogP contribution in [0.2, 0.25) is 0 Å². The van der Waals surface area contributed by atoms with Crippen LogP contribution in [0, 0.1) is 6.92 Å². The molecule has 0 radical (unpaired) electrons. The first kappa shape index (κ1) is 22.5. The number of carbonyl (C=O) groups excluding carboxylic acids is 1. The number of thiazole rings is 1. The van der Waals surface area contributed by atoms with Crippen LogP contribution in [0.3, 0.4) is 0 Å². The van der Waals surface area contributed by atoms with Gasteiger partial charge >= 0.3 is 0 Å². The monoisotopic (exact) mass is 460 g/mol. The number of likely N-dealkylation sites (tertiary alicyclic amines) is 1. The molecule has 33 heavy (non-hydrogen) atoms. The van der Waals surface area contributed by atoms with Gasteiger partial charge in [-0.3, -0.25) is 9.78 Å². The standard InChI is InChI=1S/C19H15N5S.C5H9NO2/c1-13-11-15(7-9-20-13)22-19-21-10-8-16(24-19)17-12-25-18(23-17)14-5-3-2-4-6-14;1-6-3-2-4(7)5(6)8/h2-12H,1H3,(H,20,21,22,24);4,7H,2-3H2,1H3. The number of nitrogens with zero attached hydrogens (tertiary/aromatic N) is 5. The Morgan fingerprint density at radius 3 is 2.52 bits per heavy atom. The molecule has 0 aliphatic carbocycles. The van der Waals surface area contributed by atoms with Crippen LogP contribution in [0.15, 0.2) is 66.3 Å². The molecule has 3 aromatic heterocycles. The van der Waals surface area contributed by atoms with Crippen LogP contribution >= 0.6 is 11.3 Å². The molecular weight excluding hydrogens is 436 g/mol. The van der Waals surface area contributed by atoms with Crippen LogP contribution in [-0.4, -0.2) is 55.5 Å². The summed E-state index contributed by atoms with van der Waals surface area (Å²) in [4.78, 5) is 29.9. The molecule has 8 nitrogen and oxygen atoms in total. The summed E-state index contributed by atoms with van der Waals surface area (Å²) in [5, 5.41) is 15.0. The SMILES string of the molecule is CN1CCC(O)C1=O.Cc1cc(Nc2nccc(-c3csc(-c4ccccc4)n3)n2)ccn1. The number of rotatable bonds is 4. The van der Waals surface area contributed by atoms with Crippen molar-refractivity contribution >= 4 is 28.9 Å². The van der Waals surface area contributed by atoms with Crippen molar-refractivity contribution in [2.75, 3.05) is 18.9 Å². The molecule has 1 aromatic carbocycles. The van der Waals surface area contributed by atoms with Gasteiger partial charge in [-0.15, -0.1) is 11.3 Å². The fraction of sp³-hybridized carbons (Fsp3) is 0.208. The van der Waals surface area contributed by atoms with E-state index in [1.165, 1.54) is 4.90 Å². The fourth-order valence-electron chi connectivity index (χ4n) is 3.22. The molecule has 5 rings (SSSR count). The number of hydrogen-bond acceptors (Lipinski definition) is 8. The first-order valence-electron chi connectivity index (χ1n) is 10.5. The van der Waals surface area contributed by atoms with Gasteiger partial charge in [0.15, 0.2) is 0 Å². The Morgan fingerprint density at radius 2 is 1.85 bits per heavy atom. The number of aromatic nitrogens is 4. The van der Waals surface area contributed by atoms with E-state index in [2.05, 4.69) is 32.4 Å². The van der Waals surface area contributed by atoms with Gasteiger partial charge in [0.25, 0.3) is 5.91 Å². The highest BCUT2D eigenvalue weighted by molar-refractivity contribution is 7.13. The lowest BCUT2D eigenvalue weighted by Gasteiger charge is -2.06. The molecule has 1 fully saturated rings. The summed E-state index contributed by atoms with van der Waals surface area (Å²) in [6, 6.07) is 15.8. The highest BCUT2D eigenvalue weighted by atomic mass is 32.1. The third-order valence-electron chi connectivity index (χ3n) is 4.99. The van der Waals surface area contributed by atoms with Gasteiger partial charge in [0.05, 0.1) is 5.69 Å². The summed E-state index contributed by atoms with van der Waals surface area (Å²) in [5.74, 6) is 0.391. The minimum absolute atomic E-state index is 0.148. The van der Waals surface area contributed by atoms with E-state index in [4.69, 9.17) is 10.1 Å². The van der Waals surface area contributed by atoms with E-state index in [9.17, 15) is 4.79 Å². The first-order valence-corrected chi connectivity index (χ1v) is 11.3. The molecule has 1 aliphatic rings. The summed E-state index contributed by atoms with van der Waals surface area (Å²) < 4.78 is 0. The van der Waals surface area contributed by atoms with Crippen LogP contribution in [0.1, 0.15) is 12.1 Å². The van der Waals surface area contributed by atoms with E-state index >= 15 is 0 Å². The number of aryl methyl sites for hydroxylation is 1. The maximum absolute atomic E-state index is 10.6. The van der Waals surface area contributed by atoms with Crippen molar-refractivity contribution in [3.05, 3.63) is 72.0 Å². The second-order valence-electron chi connectivity index (χ2n) is 7.54. The Balaban J connectivity index is 0.000000275. The van der Waals surface area contributed by atoms with Crippen molar-refractivity contribution < 1.29 is 9.90 Å². The normalized spacial score (nSPS) is 15.2. The van der Waals surface area contributed by atoms with Gasteiger partial charge in [-0.25, -0.2) is 15.0 Å². The van der Waals surface area contributed by atoms with Gasteiger partial charge in [-0.05, 0) is 31.5 Å². The Bertz CT molecular complexity index is 1220. The third-order valence-corrected chi connectivity index (χ3v) is 5.89. The van der Waals surface area contributed by atoms with Crippen LogP contribution in [0.25, 0.3) is 22.0 Å². The van der Waals surface area contributed by atoms with Crippen LogP contribution in [0.4, 0.5) is 11.6 Å². The predicted molar refractivity (Wildman–Crippen MR) is 129 cm³/mol. The molecule has 9 heteroatoms. The first-order chi connectivity index (χ1) is 16.0. The van der Waals surface area contributed by atoms with Crippen LogP contribution in [-0.2, 0) is 4.79 Å². The van der Waals surface area contributed by atoms with Crippen LogP contribution < -0.4 is 5.32 Å². The Morgan fingerprint density at radius 1 is 1.06 bits per heavy atom. The van der Waals surface area contributed by atoms with Crippen molar-refractivity contribution in [3.8, 4) is 22.0 Å². The number of amides is 1. The van der Waals surface area contributed by atoms with E-state index < -0.39 is 6.10 Å². The molecule has 1 atom stereocenters. The van der Waals surface area contributed by atoms with Crippen molar-refractivity contribution in [3.63, 3.8) is 0 Å². The van der Waals surface area contributed by atoms with E-state index in [1.807, 2.05) is 48.7 Å². The number of likely N-dealkylation sites (N-methyl/N-ethyl adjacent to an activating group) is 1. The molecule has 1 saturated heterocycles. The van der Waals surface area contributed by atoms with Crippen molar-refractivity contribution in [2.24, 2.45) is 0 Å². The molecule has 1 unspecified atom stereocenters. The predicted octanol–water partition coefficient (Wildman–Crippen LogP) is 3.92. The summed E-state index contributed by atoms with van der Waals surface area (Å²) >= 11 is 1.61. The van der Waals surface area contributed by atoms with Gasteiger partial charge in [-0.1, -0.05) is 30.3 Å². The fourth-order valence-corrected chi connectivity index (χ4v) is 4.04. The maximum Gasteiger partial charge on any atom is 0.251 e.